The summed E-state index contributed by atoms with van der Waals surface area (Å²) in [6.45, 7) is 3.12. The van der Waals surface area contributed by atoms with Crippen molar-refractivity contribution >= 4 is 11.8 Å². The molecule has 186 valence electrons. The molecule has 8 heteroatoms. The average molecular weight is 473 g/mol. The number of benzene rings is 1. The largest absolute Gasteiger partial charge is 0.486 e. The van der Waals surface area contributed by atoms with Gasteiger partial charge in [-0.1, -0.05) is 44.4 Å². The van der Waals surface area contributed by atoms with Crippen LogP contribution in [0.2, 0.25) is 0 Å². The Morgan fingerprint density at radius 3 is 2.76 bits per heavy atom. The topological polar surface area (TPSA) is 108 Å². The molecule has 34 heavy (non-hydrogen) atoms. The molecule has 1 saturated heterocycles. The maximum Gasteiger partial charge on any atom is 0.252 e. The van der Waals surface area contributed by atoms with Gasteiger partial charge in [0, 0.05) is 30.8 Å². The zero-order chi connectivity index (χ0) is 24.1. The summed E-state index contributed by atoms with van der Waals surface area (Å²) in [4.78, 5) is 28.3. The molecule has 1 aromatic rings. The van der Waals surface area contributed by atoms with Crippen molar-refractivity contribution in [3.05, 3.63) is 41.5 Å². The van der Waals surface area contributed by atoms with Crippen molar-refractivity contribution in [2.24, 2.45) is 0 Å². The van der Waals surface area contributed by atoms with Crippen molar-refractivity contribution in [2.45, 2.75) is 75.7 Å². The molecule has 0 saturated carbocycles. The second-order valence-electron chi connectivity index (χ2n) is 9.27. The van der Waals surface area contributed by atoms with Crippen molar-refractivity contribution in [1.29, 1.82) is 0 Å². The lowest BCUT2D eigenvalue weighted by Crippen LogP contribution is -2.57. The summed E-state index contributed by atoms with van der Waals surface area (Å²) in [6, 6.07) is 6.77. The third kappa shape index (κ3) is 4.99. The van der Waals surface area contributed by atoms with Gasteiger partial charge in [-0.15, -0.1) is 0 Å². The summed E-state index contributed by atoms with van der Waals surface area (Å²) in [5.74, 6) is -0.269. The smallest absolute Gasteiger partial charge is 0.252 e. The Morgan fingerprint density at radius 2 is 2.03 bits per heavy atom. The number of nitrogens with one attached hydrogen (secondary N) is 1. The normalized spacial score (nSPS) is 27.4. The van der Waals surface area contributed by atoms with E-state index in [4.69, 9.17) is 9.47 Å². The first-order chi connectivity index (χ1) is 16.6. The number of fused-ring (bicyclic) bond motifs is 3. The van der Waals surface area contributed by atoms with E-state index in [-0.39, 0.29) is 25.0 Å². The lowest BCUT2D eigenvalue weighted by molar-refractivity contribution is -0.146. The third-order valence-electron chi connectivity index (χ3n) is 6.98. The van der Waals surface area contributed by atoms with Crippen molar-refractivity contribution in [1.82, 2.24) is 10.2 Å². The molecule has 2 amide bonds. The maximum atomic E-state index is 13.5. The quantitative estimate of drug-likeness (QED) is 0.449. The van der Waals surface area contributed by atoms with Gasteiger partial charge in [-0.25, -0.2) is 0 Å². The van der Waals surface area contributed by atoms with Gasteiger partial charge in [-0.2, -0.15) is 0 Å². The van der Waals surface area contributed by atoms with E-state index >= 15 is 0 Å². The molecule has 5 atom stereocenters. The summed E-state index contributed by atoms with van der Waals surface area (Å²) in [7, 11) is 0. The highest BCUT2D eigenvalue weighted by atomic mass is 16.5. The number of nitrogens with zero attached hydrogens (tertiary/aromatic N) is 1. The van der Waals surface area contributed by atoms with Gasteiger partial charge in [0.05, 0.1) is 18.6 Å². The fourth-order valence-electron chi connectivity index (χ4n) is 5.26. The predicted octanol–water partition coefficient (Wildman–Crippen LogP) is 1.90. The molecule has 1 aromatic carbocycles. The standard InChI is InChI=1S/C26H36N2O6/c1-2-3-4-7-13-28(26(32)21-11-8-15-33-21)19-16-18(25(31)27-12-14-29)22-17-9-5-6-10-20(17)34-24(22)23(19)30/h5-6,9-10,16,19,21-24,29-30H,2-4,7-8,11-15H2,1H3,(H,27,31). The van der Waals surface area contributed by atoms with Gasteiger partial charge in [0.1, 0.15) is 24.1 Å². The summed E-state index contributed by atoms with van der Waals surface area (Å²) in [5, 5.41) is 23.4. The van der Waals surface area contributed by atoms with Crippen molar-refractivity contribution in [2.75, 3.05) is 26.3 Å². The number of unbranched alkanes of at least 4 members (excludes halogenated alkanes) is 3. The van der Waals surface area contributed by atoms with Gasteiger partial charge in [0.25, 0.3) is 5.91 Å². The van der Waals surface area contributed by atoms with Crippen LogP contribution < -0.4 is 10.1 Å². The fraction of sp³-hybridized carbons (Fsp3) is 0.615. The molecule has 8 nitrogen and oxygen atoms in total. The monoisotopic (exact) mass is 472 g/mol. The van der Waals surface area contributed by atoms with Gasteiger partial charge in [0.2, 0.25) is 5.91 Å². The van der Waals surface area contributed by atoms with E-state index in [0.29, 0.717) is 30.9 Å². The number of rotatable bonds is 10. The summed E-state index contributed by atoms with van der Waals surface area (Å²) in [6.07, 6.45) is 4.98. The second-order valence-corrected chi connectivity index (χ2v) is 9.27. The molecule has 0 spiro atoms. The van der Waals surface area contributed by atoms with Crippen LogP contribution in [0.3, 0.4) is 0 Å². The molecule has 5 unspecified atom stereocenters. The van der Waals surface area contributed by atoms with Crippen LogP contribution in [-0.2, 0) is 14.3 Å². The van der Waals surface area contributed by atoms with Crippen molar-refractivity contribution in [3.8, 4) is 5.75 Å². The number of aliphatic hydroxyl groups is 2. The minimum Gasteiger partial charge on any atom is -0.486 e. The fourth-order valence-corrected chi connectivity index (χ4v) is 5.26. The zero-order valence-corrected chi connectivity index (χ0v) is 19.8. The van der Waals surface area contributed by atoms with E-state index in [9.17, 15) is 19.8 Å². The van der Waals surface area contributed by atoms with E-state index in [1.807, 2.05) is 24.3 Å². The van der Waals surface area contributed by atoms with Gasteiger partial charge >= 0.3 is 0 Å². The highest BCUT2D eigenvalue weighted by Gasteiger charge is 2.50. The Morgan fingerprint density at radius 1 is 1.21 bits per heavy atom. The summed E-state index contributed by atoms with van der Waals surface area (Å²) >= 11 is 0. The average Bonchev–Trinajstić information content (AvgIpc) is 3.52. The van der Waals surface area contributed by atoms with Crippen LogP contribution in [0, 0.1) is 0 Å². The van der Waals surface area contributed by atoms with Gasteiger partial charge in [-0.05, 0) is 31.4 Å². The van der Waals surface area contributed by atoms with Gasteiger partial charge < -0.3 is 29.9 Å². The molecular formula is C26H36N2O6. The number of hydrogen-bond donors (Lipinski definition) is 3. The molecule has 1 aliphatic carbocycles. The van der Waals surface area contributed by atoms with Gasteiger partial charge in [-0.3, -0.25) is 9.59 Å². The Bertz CT molecular complexity index is 897. The summed E-state index contributed by atoms with van der Waals surface area (Å²) < 4.78 is 11.8. The van der Waals surface area contributed by atoms with Crippen LogP contribution in [-0.4, -0.2) is 77.6 Å². The lowest BCUT2D eigenvalue weighted by atomic mass is 9.77. The second kappa shape index (κ2) is 11.3. The van der Waals surface area contributed by atoms with E-state index in [2.05, 4.69) is 12.2 Å². The Labute approximate surface area is 200 Å². The Balaban J connectivity index is 1.68. The molecule has 3 N–H and O–H groups in total. The number of amides is 2. The van der Waals surface area contributed by atoms with Crippen molar-refractivity contribution in [3.63, 3.8) is 0 Å². The highest BCUT2D eigenvalue weighted by molar-refractivity contribution is 5.96. The lowest BCUT2D eigenvalue weighted by Gasteiger charge is -2.41. The van der Waals surface area contributed by atoms with Crippen molar-refractivity contribution < 1.29 is 29.3 Å². The number of para-hydroxylation sites is 1. The van der Waals surface area contributed by atoms with Crippen LogP contribution in [0.25, 0.3) is 0 Å². The first-order valence-electron chi connectivity index (χ1n) is 12.5. The van der Waals surface area contributed by atoms with E-state index in [1.165, 1.54) is 0 Å². The number of carbonyl (C=O) groups is 2. The number of ether oxygens (including phenoxy) is 2. The Hall–Kier alpha value is -2.42. The minimum atomic E-state index is -0.997. The molecule has 2 aliphatic heterocycles. The van der Waals surface area contributed by atoms with Crippen LogP contribution in [0.4, 0.5) is 0 Å². The molecule has 0 bridgehead atoms. The van der Waals surface area contributed by atoms with Crippen LogP contribution in [0.5, 0.6) is 5.75 Å². The molecule has 2 heterocycles. The van der Waals surface area contributed by atoms with E-state index < -0.39 is 30.3 Å². The number of carbonyl (C=O) groups excluding carboxylic acids is 2. The molecule has 3 aliphatic rings. The number of aliphatic hydroxyl groups excluding tert-OH is 2. The molecule has 0 aromatic heterocycles. The van der Waals surface area contributed by atoms with E-state index in [1.54, 1.807) is 11.0 Å². The predicted molar refractivity (Wildman–Crippen MR) is 126 cm³/mol. The first kappa shape index (κ1) is 24.7. The van der Waals surface area contributed by atoms with Crippen LogP contribution >= 0.6 is 0 Å². The molecular weight excluding hydrogens is 436 g/mol. The van der Waals surface area contributed by atoms with Crippen LogP contribution in [0.1, 0.15) is 56.9 Å². The zero-order valence-electron chi connectivity index (χ0n) is 19.8. The molecule has 0 radical (unpaired) electrons. The first-order valence-corrected chi connectivity index (χ1v) is 12.5. The third-order valence-corrected chi connectivity index (χ3v) is 6.98. The highest BCUT2D eigenvalue weighted by Crippen LogP contribution is 2.47. The van der Waals surface area contributed by atoms with E-state index in [0.717, 1.165) is 37.7 Å². The minimum absolute atomic E-state index is 0.124. The molecule has 4 rings (SSSR count). The van der Waals surface area contributed by atoms with Gasteiger partial charge in [0.15, 0.2) is 0 Å². The number of hydrogen-bond acceptors (Lipinski definition) is 6. The Kier molecular flexibility index (Phi) is 8.24. The van der Waals surface area contributed by atoms with Crippen LogP contribution in [0.15, 0.2) is 35.9 Å². The molecule has 1 fully saturated rings. The maximum absolute atomic E-state index is 13.5. The summed E-state index contributed by atoms with van der Waals surface area (Å²) in [5.41, 5.74) is 1.30. The SMILES string of the molecule is CCCCCCN(C(=O)C1CCCO1)C1C=C(C(=O)NCCO)C2c3ccccc3OC2C1O.